The van der Waals surface area contributed by atoms with E-state index >= 15 is 0 Å². The van der Waals surface area contributed by atoms with Crippen molar-refractivity contribution in [3.05, 3.63) is 11.5 Å². The van der Waals surface area contributed by atoms with Gasteiger partial charge < -0.3 is 11.5 Å². The summed E-state index contributed by atoms with van der Waals surface area (Å²) < 4.78 is 0. The van der Waals surface area contributed by atoms with E-state index < -0.39 is 22.0 Å². The fourth-order valence-corrected chi connectivity index (χ4v) is 0. The van der Waals surface area contributed by atoms with Crippen LogP contribution in [0.1, 0.15) is 13.8 Å². The average Bonchev–Trinajstić information content (AvgIpc) is 1.67. The third-order valence-electron chi connectivity index (χ3n) is 0.442. The van der Waals surface area contributed by atoms with Crippen LogP contribution in [0.15, 0.2) is 0 Å². The van der Waals surface area contributed by atoms with Gasteiger partial charge in [0.1, 0.15) is 0 Å². The second kappa shape index (κ2) is 7.30. The molecule has 0 aliphatic rings. The fraction of sp³-hybridized carbons (Fsp3) is 1.00. The van der Waals surface area contributed by atoms with E-state index in [0.29, 0.717) is 0 Å². The predicted molar refractivity (Wildman–Crippen MR) is 39.3 cm³/mol. The summed E-state index contributed by atoms with van der Waals surface area (Å²) in [5.74, 6) is 0. The number of hydrogen-bond acceptors (Lipinski definition) is 0. The average molecular weight is 352 g/mol. The third-order valence-corrected chi connectivity index (χ3v) is 0.442. The zero-order chi connectivity index (χ0) is 7.91. The molecule has 0 amide bonds. The van der Waals surface area contributed by atoms with E-state index in [1.54, 1.807) is 13.8 Å². The molecule has 0 spiro atoms. The van der Waals surface area contributed by atoms with Crippen molar-refractivity contribution in [3.63, 3.8) is 0 Å². The van der Waals surface area contributed by atoms with Gasteiger partial charge in [-0.2, -0.15) is 12.1 Å². The molecule has 0 unspecified atom stereocenters. The monoisotopic (exact) mass is 351 g/mol. The van der Waals surface area contributed by atoms with Crippen LogP contribution in [-0.4, -0.2) is 12.1 Å². The molecule has 0 bridgehead atoms. The minimum absolute atomic E-state index is 0.188. The molecule has 0 aliphatic heterocycles. The Hall–Kier alpha value is 1.19. The quantitative estimate of drug-likeness (QED) is 0.696. The van der Waals surface area contributed by atoms with Crippen LogP contribution in [0.3, 0.4) is 0 Å². The zero-order valence-corrected chi connectivity index (χ0v) is 9.06. The molecular weight excluding hydrogens is 342 g/mol. The van der Waals surface area contributed by atoms with Crippen molar-refractivity contribution in [1.29, 1.82) is 0 Å². The number of rotatable bonds is 1. The summed E-state index contributed by atoms with van der Waals surface area (Å²) in [7, 11) is 9.75. The van der Waals surface area contributed by atoms with E-state index in [2.05, 4.69) is 0 Å². The molecular formula is C4H10Cl2N2Pt. The van der Waals surface area contributed by atoms with Gasteiger partial charge in [0.05, 0.1) is 0 Å². The molecule has 0 rings (SSSR count). The summed E-state index contributed by atoms with van der Waals surface area (Å²) in [6.45, 7) is 3.63. The first kappa shape index (κ1) is 12.8. The Labute approximate surface area is 72.6 Å². The Balaban J connectivity index is 0. The third kappa shape index (κ3) is 27.1. The van der Waals surface area contributed by atoms with Crippen molar-refractivity contribution in [2.24, 2.45) is 0 Å². The Morgan fingerprint density at radius 3 is 1.56 bits per heavy atom. The predicted octanol–water partition coefficient (Wildman–Crippen LogP) is 3.25. The molecule has 0 heterocycles. The van der Waals surface area contributed by atoms with E-state index in [-0.39, 0.29) is 6.54 Å². The second-order valence-electron chi connectivity index (χ2n) is 2.11. The molecule has 0 aromatic heterocycles. The molecule has 0 radical (unpaired) electrons. The van der Waals surface area contributed by atoms with Gasteiger partial charge in [-0.05, 0) is 0 Å². The summed E-state index contributed by atoms with van der Waals surface area (Å²) in [6.07, 6.45) is 0. The summed E-state index contributed by atoms with van der Waals surface area (Å²) in [6, 6.07) is 0. The summed E-state index contributed by atoms with van der Waals surface area (Å²) >= 11 is -0.472. The molecule has 5 heteroatoms. The van der Waals surface area contributed by atoms with Gasteiger partial charge >= 0.3 is 35.3 Å². The maximum absolute atomic E-state index is 6.99. The van der Waals surface area contributed by atoms with Crippen molar-refractivity contribution in [2.45, 2.75) is 19.4 Å². The fourth-order valence-electron chi connectivity index (χ4n) is 0. The first-order valence-corrected chi connectivity index (χ1v) is 7.83. The van der Waals surface area contributed by atoms with Crippen LogP contribution in [0.25, 0.3) is 11.5 Å². The SMILES string of the molecule is CC(C)([NH-])C[NH-].[Cl][Pt+2][Cl]. The van der Waals surface area contributed by atoms with E-state index in [9.17, 15) is 0 Å². The van der Waals surface area contributed by atoms with Crippen molar-refractivity contribution < 1.29 is 16.5 Å². The van der Waals surface area contributed by atoms with Crippen molar-refractivity contribution in [1.82, 2.24) is 0 Å². The molecule has 2 nitrogen and oxygen atoms in total. The standard InChI is InChI=1S/C4H10N2.2ClH.Pt/c1-4(2,6)3-5;;;/h5-6H,3H2,1-2H3;2*1H;/q-2;;;+4/p-2. The molecule has 9 heavy (non-hydrogen) atoms. The van der Waals surface area contributed by atoms with E-state index in [1.165, 1.54) is 0 Å². The number of hydrogen-bond donors (Lipinski definition) is 0. The van der Waals surface area contributed by atoms with Crippen LogP contribution in [0.5, 0.6) is 0 Å². The van der Waals surface area contributed by atoms with Crippen molar-refractivity contribution >= 4 is 18.8 Å². The molecule has 0 aromatic carbocycles. The van der Waals surface area contributed by atoms with Gasteiger partial charge in [-0.3, -0.25) is 0 Å². The van der Waals surface area contributed by atoms with E-state index in [4.69, 9.17) is 30.3 Å². The topological polar surface area (TPSA) is 47.6 Å². The maximum atomic E-state index is 6.99. The van der Waals surface area contributed by atoms with Gasteiger partial charge in [0, 0.05) is 0 Å². The van der Waals surface area contributed by atoms with Crippen LogP contribution in [0.2, 0.25) is 0 Å². The Morgan fingerprint density at radius 2 is 1.56 bits per heavy atom. The summed E-state index contributed by atoms with van der Waals surface area (Å²) in [4.78, 5) is 0. The van der Waals surface area contributed by atoms with Crippen LogP contribution in [-0.2, 0) is 16.5 Å². The summed E-state index contributed by atoms with van der Waals surface area (Å²) in [5.41, 5.74) is 13.1. The molecule has 60 valence electrons. The van der Waals surface area contributed by atoms with Gasteiger partial charge in [-0.15, -0.1) is 0 Å². The first-order valence-electron chi connectivity index (χ1n) is 2.20. The summed E-state index contributed by atoms with van der Waals surface area (Å²) in [5, 5.41) is 0. The van der Waals surface area contributed by atoms with Gasteiger partial charge in [0.25, 0.3) is 0 Å². The number of halogens is 2. The minimum atomic E-state index is -0.542. The van der Waals surface area contributed by atoms with Crippen molar-refractivity contribution in [3.8, 4) is 0 Å². The second-order valence-corrected chi connectivity index (χ2v) is 5.39. The van der Waals surface area contributed by atoms with E-state index in [1.807, 2.05) is 0 Å². The molecule has 0 saturated heterocycles. The van der Waals surface area contributed by atoms with Gasteiger partial charge in [0.15, 0.2) is 0 Å². The zero-order valence-electron chi connectivity index (χ0n) is 5.28. The molecule has 0 saturated carbocycles. The molecule has 0 aromatic rings. The van der Waals surface area contributed by atoms with Crippen LogP contribution in [0.4, 0.5) is 0 Å². The Morgan fingerprint density at radius 1 is 1.44 bits per heavy atom. The molecule has 2 N–H and O–H groups in total. The van der Waals surface area contributed by atoms with Gasteiger partial charge in [-0.1, -0.05) is 13.8 Å². The normalized spacial score (nSPS) is 10.4. The Bertz CT molecular complexity index is 55.0. The first-order chi connectivity index (χ1) is 3.97. The molecule has 0 aliphatic carbocycles. The Kier molecular flexibility index (Phi) is 10.4. The van der Waals surface area contributed by atoms with Gasteiger partial charge in [-0.25, -0.2) is 0 Å². The molecule has 0 fully saturated rings. The van der Waals surface area contributed by atoms with Gasteiger partial charge in [0.2, 0.25) is 0 Å². The van der Waals surface area contributed by atoms with Crippen LogP contribution < -0.4 is 0 Å². The number of nitrogens with one attached hydrogen (secondary N) is 2. The van der Waals surface area contributed by atoms with E-state index in [0.717, 1.165) is 0 Å². The molecule has 0 atom stereocenters. The van der Waals surface area contributed by atoms with Crippen LogP contribution >= 0.6 is 18.8 Å². The van der Waals surface area contributed by atoms with Crippen molar-refractivity contribution in [2.75, 3.05) is 6.54 Å². The van der Waals surface area contributed by atoms with Crippen LogP contribution in [0, 0.1) is 0 Å².